The van der Waals surface area contributed by atoms with E-state index in [4.69, 9.17) is 0 Å². The molecule has 0 bridgehead atoms. The molecule has 2 aromatic rings. The molecule has 20 heavy (non-hydrogen) atoms. The topological polar surface area (TPSA) is 38.1 Å². The predicted molar refractivity (Wildman–Crippen MR) is 77.8 cm³/mol. The molecule has 3 rings (SSSR count). The Morgan fingerprint density at radius 1 is 1.35 bits per heavy atom. The van der Waals surface area contributed by atoms with Gasteiger partial charge in [0, 0.05) is 12.4 Å². The molecule has 0 saturated heterocycles. The van der Waals surface area contributed by atoms with Gasteiger partial charge >= 0.3 is 0 Å². The number of nitrogens with zero attached hydrogens (tertiary/aromatic N) is 2. The van der Waals surface area contributed by atoms with Crippen molar-refractivity contribution in [3.63, 3.8) is 0 Å². The van der Waals surface area contributed by atoms with Crippen molar-refractivity contribution in [2.24, 2.45) is 0 Å². The molecule has 0 atom stereocenters. The molecule has 1 fully saturated rings. The first-order valence-electron chi connectivity index (χ1n) is 6.77. The van der Waals surface area contributed by atoms with Crippen molar-refractivity contribution >= 4 is 15.9 Å². The lowest BCUT2D eigenvalue weighted by Crippen LogP contribution is -2.26. The van der Waals surface area contributed by atoms with E-state index >= 15 is 0 Å². The fourth-order valence-electron chi connectivity index (χ4n) is 2.88. The predicted octanol–water partition coefficient (Wildman–Crippen LogP) is 3.59. The fourth-order valence-corrected chi connectivity index (χ4v) is 3.27. The quantitative estimate of drug-likeness (QED) is 0.928. The Morgan fingerprint density at radius 2 is 2.10 bits per heavy atom. The van der Waals surface area contributed by atoms with Crippen LogP contribution >= 0.6 is 15.9 Å². The molecule has 0 aliphatic heterocycles. The molecule has 1 heterocycles. The van der Waals surface area contributed by atoms with Gasteiger partial charge in [0.05, 0.1) is 11.0 Å². The van der Waals surface area contributed by atoms with Gasteiger partial charge in [-0.1, -0.05) is 12.1 Å². The molecular formula is C15H16BrFN2O. The van der Waals surface area contributed by atoms with Crippen LogP contribution in [0.2, 0.25) is 0 Å². The van der Waals surface area contributed by atoms with Crippen LogP contribution in [0.15, 0.2) is 35.1 Å². The van der Waals surface area contributed by atoms with E-state index in [2.05, 4.69) is 20.9 Å². The van der Waals surface area contributed by atoms with Crippen molar-refractivity contribution in [3.8, 4) is 0 Å². The normalized spacial score (nSPS) is 17.6. The Balaban J connectivity index is 1.92. The number of imidazole rings is 1. The highest BCUT2D eigenvalue weighted by atomic mass is 79.9. The van der Waals surface area contributed by atoms with Gasteiger partial charge in [-0.3, -0.25) is 0 Å². The summed E-state index contributed by atoms with van der Waals surface area (Å²) in [6.07, 6.45) is 7.06. The molecular weight excluding hydrogens is 323 g/mol. The molecule has 1 aromatic carbocycles. The van der Waals surface area contributed by atoms with Crippen LogP contribution < -0.4 is 0 Å². The van der Waals surface area contributed by atoms with Crippen LogP contribution in [0.25, 0.3) is 0 Å². The van der Waals surface area contributed by atoms with Gasteiger partial charge in [0.25, 0.3) is 0 Å². The summed E-state index contributed by atoms with van der Waals surface area (Å²) in [5, 5.41) is 10.7. The second kappa shape index (κ2) is 5.30. The standard InChI is InChI=1S/C15H16BrFN2O/c16-13-11(4-3-5-12(13)17)10-19-9-8-18-14(19)15(20)6-1-2-7-15/h3-5,8-9,20H,1-2,6-7,10H2. The lowest BCUT2D eigenvalue weighted by atomic mass is 10.0. The van der Waals surface area contributed by atoms with Crippen LogP contribution in [0.5, 0.6) is 0 Å². The first-order chi connectivity index (χ1) is 9.60. The minimum atomic E-state index is -0.830. The van der Waals surface area contributed by atoms with Crippen LogP contribution in [-0.4, -0.2) is 14.7 Å². The third kappa shape index (κ3) is 2.40. The average Bonchev–Trinajstić information content (AvgIpc) is 3.05. The maximum Gasteiger partial charge on any atom is 0.141 e. The summed E-state index contributed by atoms with van der Waals surface area (Å²) in [6, 6.07) is 4.98. The molecule has 5 heteroatoms. The lowest BCUT2D eigenvalue weighted by Gasteiger charge is -2.23. The first-order valence-corrected chi connectivity index (χ1v) is 7.56. The number of halogens is 2. The van der Waals surface area contributed by atoms with Crippen molar-refractivity contribution in [1.29, 1.82) is 0 Å². The molecule has 0 unspecified atom stereocenters. The molecule has 0 radical (unpaired) electrons. The van der Waals surface area contributed by atoms with E-state index in [1.54, 1.807) is 12.3 Å². The third-order valence-corrected chi connectivity index (χ3v) is 4.82. The largest absolute Gasteiger partial charge is 0.382 e. The van der Waals surface area contributed by atoms with E-state index in [0.29, 0.717) is 16.8 Å². The van der Waals surface area contributed by atoms with Crippen molar-refractivity contribution < 1.29 is 9.50 Å². The SMILES string of the molecule is OC1(c2nccn2Cc2cccc(F)c2Br)CCCC1. The van der Waals surface area contributed by atoms with Gasteiger partial charge in [0.2, 0.25) is 0 Å². The number of aromatic nitrogens is 2. The van der Waals surface area contributed by atoms with Gasteiger partial charge in [-0.15, -0.1) is 0 Å². The second-order valence-electron chi connectivity index (χ2n) is 5.33. The van der Waals surface area contributed by atoms with Crippen molar-refractivity contribution in [2.45, 2.75) is 37.8 Å². The van der Waals surface area contributed by atoms with Crippen LogP contribution in [0.3, 0.4) is 0 Å². The highest BCUT2D eigenvalue weighted by Gasteiger charge is 2.36. The van der Waals surface area contributed by atoms with Gasteiger partial charge < -0.3 is 9.67 Å². The molecule has 0 amide bonds. The smallest absolute Gasteiger partial charge is 0.141 e. The minimum absolute atomic E-state index is 0.274. The summed E-state index contributed by atoms with van der Waals surface area (Å²) in [7, 11) is 0. The Bertz CT molecular complexity index is 620. The van der Waals surface area contributed by atoms with Crippen LogP contribution in [0.1, 0.15) is 37.1 Å². The van der Waals surface area contributed by atoms with E-state index in [9.17, 15) is 9.50 Å². The molecule has 0 spiro atoms. The third-order valence-electron chi connectivity index (χ3n) is 3.93. The summed E-state index contributed by atoms with van der Waals surface area (Å²) in [5.41, 5.74) is 0.00869. The molecule has 3 nitrogen and oxygen atoms in total. The van der Waals surface area contributed by atoms with Crippen molar-refractivity contribution in [2.75, 3.05) is 0 Å². The number of hydrogen-bond donors (Lipinski definition) is 1. The molecule has 1 saturated carbocycles. The van der Waals surface area contributed by atoms with E-state index < -0.39 is 5.60 Å². The zero-order chi connectivity index (χ0) is 14.2. The lowest BCUT2D eigenvalue weighted by molar-refractivity contribution is 0.0318. The van der Waals surface area contributed by atoms with Gasteiger partial charge in [-0.05, 0) is 53.2 Å². The second-order valence-corrected chi connectivity index (χ2v) is 6.12. The van der Waals surface area contributed by atoms with Crippen LogP contribution in [0.4, 0.5) is 4.39 Å². The Labute approximate surface area is 125 Å². The van der Waals surface area contributed by atoms with Crippen molar-refractivity contribution in [3.05, 3.63) is 52.3 Å². The van der Waals surface area contributed by atoms with E-state index in [0.717, 1.165) is 31.2 Å². The first kappa shape index (κ1) is 13.8. The summed E-state index contributed by atoms with van der Waals surface area (Å²) in [5.74, 6) is 0.412. The average molecular weight is 339 g/mol. The zero-order valence-corrected chi connectivity index (χ0v) is 12.6. The van der Waals surface area contributed by atoms with Crippen LogP contribution in [-0.2, 0) is 12.1 Å². The molecule has 1 aliphatic carbocycles. The number of benzene rings is 1. The Morgan fingerprint density at radius 3 is 2.85 bits per heavy atom. The maximum absolute atomic E-state index is 13.6. The van der Waals surface area contributed by atoms with Gasteiger partial charge in [-0.2, -0.15) is 0 Å². The van der Waals surface area contributed by atoms with E-state index in [1.807, 2.05) is 16.8 Å². The van der Waals surface area contributed by atoms with Gasteiger partial charge in [0.15, 0.2) is 0 Å². The summed E-state index contributed by atoms with van der Waals surface area (Å²) in [6.45, 7) is 0.496. The summed E-state index contributed by atoms with van der Waals surface area (Å²) in [4.78, 5) is 4.32. The zero-order valence-electron chi connectivity index (χ0n) is 11.0. The van der Waals surface area contributed by atoms with Gasteiger partial charge in [-0.25, -0.2) is 9.37 Å². The molecule has 1 aliphatic rings. The van der Waals surface area contributed by atoms with Gasteiger partial charge in [0.1, 0.15) is 17.2 Å². The number of aliphatic hydroxyl groups is 1. The maximum atomic E-state index is 13.6. The highest BCUT2D eigenvalue weighted by molar-refractivity contribution is 9.10. The molecule has 1 aromatic heterocycles. The molecule has 1 N–H and O–H groups in total. The van der Waals surface area contributed by atoms with E-state index in [1.165, 1.54) is 6.07 Å². The number of hydrogen-bond acceptors (Lipinski definition) is 2. The fraction of sp³-hybridized carbons (Fsp3) is 0.400. The number of rotatable bonds is 3. The van der Waals surface area contributed by atoms with Crippen molar-refractivity contribution in [1.82, 2.24) is 9.55 Å². The van der Waals surface area contributed by atoms with Crippen LogP contribution in [0, 0.1) is 5.82 Å². The monoisotopic (exact) mass is 338 g/mol. The Hall–Kier alpha value is -1.20. The van der Waals surface area contributed by atoms with E-state index in [-0.39, 0.29) is 5.82 Å². The summed E-state index contributed by atoms with van der Waals surface area (Å²) >= 11 is 3.28. The highest BCUT2D eigenvalue weighted by Crippen LogP contribution is 2.38. The molecule has 106 valence electrons. The Kier molecular flexibility index (Phi) is 3.65. The minimum Gasteiger partial charge on any atom is -0.382 e. The summed E-state index contributed by atoms with van der Waals surface area (Å²) < 4.78 is 15.9.